The highest BCUT2D eigenvalue weighted by molar-refractivity contribution is 7.14. The third-order valence-electron chi connectivity index (χ3n) is 4.51. The molecule has 0 aliphatic heterocycles. The van der Waals surface area contributed by atoms with Crippen molar-refractivity contribution in [1.82, 2.24) is 4.98 Å². The number of methoxy groups -OCH3 is 1. The number of thiazole rings is 1. The summed E-state index contributed by atoms with van der Waals surface area (Å²) in [6, 6.07) is 15.6. The minimum atomic E-state index is -0.357. The quantitative estimate of drug-likeness (QED) is 0.435. The minimum Gasteiger partial charge on any atom is -0.496 e. The highest BCUT2D eigenvalue weighted by Crippen LogP contribution is 2.33. The van der Waals surface area contributed by atoms with E-state index in [4.69, 9.17) is 9.15 Å². The molecule has 0 aliphatic carbocycles. The van der Waals surface area contributed by atoms with Crippen molar-refractivity contribution < 1.29 is 18.7 Å². The summed E-state index contributed by atoms with van der Waals surface area (Å²) in [4.78, 5) is 29.1. The number of hydrogen-bond donors (Lipinski definition) is 2. The number of anilines is 2. The van der Waals surface area contributed by atoms with Crippen molar-refractivity contribution in [3.63, 3.8) is 0 Å². The van der Waals surface area contributed by atoms with Gasteiger partial charge in [0.1, 0.15) is 5.75 Å². The number of nitrogens with one attached hydrogen (secondary N) is 2. The van der Waals surface area contributed by atoms with Crippen molar-refractivity contribution in [2.24, 2.45) is 0 Å². The van der Waals surface area contributed by atoms with Gasteiger partial charge < -0.3 is 14.5 Å². The van der Waals surface area contributed by atoms with Gasteiger partial charge in [-0.05, 0) is 55.5 Å². The average Bonchev–Trinajstić information content (AvgIpc) is 3.47. The van der Waals surface area contributed by atoms with Crippen LogP contribution in [0.2, 0.25) is 0 Å². The fraction of sp³-hybridized carbons (Fsp3) is 0.0870. The molecule has 2 amide bonds. The predicted molar refractivity (Wildman–Crippen MR) is 120 cm³/mol. The van der Waals surface area contributed by atoms with Gasteiger partial charge in [0.2, 0.25) is 0 Å². The first-order valence-electron chi connectivity index (χ1n) is 9.40. The second kappa shape index (κ2) is 8.85. The normalized spacial score (nSPS) is 10.5. The molecule has 0 saturated heterocycles. The molecule has 2 aromatic carbocycles. The Balaban J connectivity index is 1.43. The largest absolute Gasteiger partial charge is 0.496 e. The van der Waals surface area contributed by atoms with Gasteiger partial charge in [-0.1, -0.05) is 11.6 Å². The van der Waals surface area contributed by atoms with Crippen LogP contribution in [0, 0.1) is 6.92 Å². The van der Waals surface area contributed by atoms with E-state index in [9.17, 15) is 9.59 Å². The number of furan rings is 1. The third kappa shape index (κ3) is 4.65. The maximum Gasteiger partial charge on any atom is 0.291 e. The van der Waals surface area contributed by atoms with Crippen LogP contribution < -0.4 is 15.4 Å². The number of rotatable bonds is 6. The zero-order chi connectivity index (χ0) is 21.8. The van der Waals surface area contributed by atoms with E-state index in [-0.39, 0.29) is 17.6 Å². The predicted octanol–water partition coefficient (Wildman–Crippen LogP) is 5.22. The lowest BCUT2D eigenvalue weighted by Crippen LogP contribution is -2.13. The van der Waals surface area contributed by atoms with E-state index in [1.807, 2.05) is 30.5 Å². The number of ether oxygens (including phenoxy) is 1. The molecule has 2 N–H and O–H groups in total. The molecule has 4 aromatic rings. The Kier molecular flexibility index (Phi) is 5.81. The Hall–Kier alpha value is -3.91. The van der Waals surface area contributed by atoms with Gasteiger partial charge in [0.25, 0.3) is 11.8 Å². The van der Waals surface area contributed by atoms with Gasteiger partial charge in [-0.25, -0.2) is 4.98 Å². The Morgan fingerprint density at radius 1 is 1.03 bits per heavy atom. The maximum atomic E-state index is 12.6. The number of carbonyl (C=O) groups excluding carboxylic acids is 2. The van der Waals surface area contributed by atoms with Crippen molar-refractivity contribution in [2.45, 2.75) is 6.92 Å². The van der Waals surface area contributed by atoms with Crippen LogP contribution in [-0.4, -0.2) is 23.9 Å². The van der Waals surface area contributed by atoms with Gasteiger partial charge in [0.05, 0.1) is 19.1 Å². The zero-order valence-electron chi connectivity index (χ0n) is 16.8. The van der Waals surface area contributed by atoms with Gasteiger partial charge >= 0.3 is 0 Å². The Morgan fingerprint density at radius 2 is 1.84 bits per heavy atom. The number of aromatic nitrogens is 1. The number of benzene rings is 2. The molecule has 31 heavy (non-hydrogen) atoms. The summed E-state index contributed by atoms with van der Waals surface area (Å²) in [7, 11) is 1.62. The first-order chi connectivity index (χ1) is 15.0. The molecule has 0 unspecified atom stereocenters. The molecule has 4 rings (SSSR count). The monoisotopic (exact) mass is 433 g/mol. The van der Waals surface area contributed by atoms with E-state index >= 15 is 0 Å². The second-order valence-electron chi connectivity index (χ2n) is 6.70. The van der Waals surface area contributed by atoms with Crippen molar-refractivity contribution >= 4 is 34.0 Å². The number of carbonyl (C=O) groups is 2. The molecule has 0 bridgehead atoms. The molecule has 0 atom stereocenters. The van der Waals surface area contributed by atoms with Crippen molar-refractivity contribution in [2.75, 3.05) is 17.7 Å². The topological polar surface area (TPSA) is 93.5 Å². The highest BCUT2D eigenvalue weighted by Gasteiger charge is 2.14. The zero-order valence-corrected chi connectivity index (χ0v) is 17.7. The molecule has 156 valence electrons. The van der Waals surface area contributed by atoms with Crippen molar-refractivity contribution in [3.05, 3.63) is 83.1 Å². The van der Waals surface area contributed by atoms with Gasteiger partial charge in [0, 0.05) is 22.2 Å². The van der Waals surface area contributed by atoms with Gasteiger partial charge in [-0.2, -0.15) is 0 Å². The second-order valence-corrected chi connectivity index (χ2v) is 7.56. The maximum absolute atomic E-state index is 12.6. The summed E-state index contributed by atoms with van der Waals surface area (Å²) in [5.41, 5.74) is 3.70. The fourth-order valence-corrected chi connectivity index (χ4v) is 3.66. The first-order valence-corrected chi connectivity index (χ1v) is 10.3. The molecular formula is C23H19N3O4S. The smallest absolute Gasteiger partial charge is 0.291 e. The lowest BCUT2D eigenvalue weighted by molar-refractivity contribution is 0.0995. The number of amides is 2. The molecule has 8 heteroatoms. The van der Waals surface area contributed by atoms with E-state index < -0.39 is 0 Å². The van der Waals surface area contributed by atoms with Crippen LogP contribution in [0.5, 0.6) is 5.75 Å². The molecule has 0 aliphatic rings. The first kappa shape index (κ1) is 20.4. The van der Waals surface area contributed by atoms with Crippen LogP contribution in [0.1, 0.15) is 26.5 Å². The van der Waals surface area contributed by atoms with Crippen LogP contribution in [0.25, 0.3) is 11.3 Å². The lowest BCUT2D eigenvalue weighted by atomic mass is 10.1. The van der Waals surface area contributed by atoms with Crippen LogP contribution in [0.3, 0.4) is 0 Å². The molecule has 2 aromatic heterocycles. The Morgan fingerprint density at radius 3 is 2.55 bits per heavy atom. The van der Waals surface area contributed by atoms with Gasteiger partial charge in [-0.3, -0.25) is 14.9 Å². The van der Waals surface area contributed by atoms with Crippen LogP contribution in [0.4, 0.5) is 10.8 Å². The van der Waals surface area contributed by atoms with Gasteiger partial charge in [-0.15, -0.1) is 11.3 Å². The molecule has 0 radical (unpaired) electrons. The summed E-state index contributed by atoms with van der Waals surface area (Å²) in [6.07, 6.45) is 1.43. The van der Waals surface area contributed by atoms with E-state index in [1.165, 1.54) is 17.6 Å². The Labute approximate surface area is 182 Å². The molecule has 0 saturated carbocycles. The SMILES string of the molecule is COc1ccc(C)cc1-c1csc(NC(=O)c2ccc(NC(=O)c3ccco3)cc2)n1. The summed E-state index contributed by atoms with van der Waals surface area (Å²) in [5, 5.41) is 7.88. The molecule has 2 heterocycles. The highest BCUT2D eigenvalue weighted by atomic mass is 32.1. The van der Waals surface area contributed by atoms with E-state index in [1.54, 1.807) is 43.5 Å². The number of nitrogens with zero attached hydrogens (tertiary/aromatic N) is 1. The van der Waals surface area contributed by atoms with Crippen LogP contribution >= 0.6 is 11.3 Å². The van der Waals surface area contributed by atoms with Crippen LogP contribution in [-0.2, 0) is 0 Å². The summed E-state index contributed by atoms with van der Waals surface area (Å²) in [6.45, 7) is 2.00. The minimum absolute atomic E-state index is 0.214. The number of aryl methyl sites for hydroxylation is 1. The van der Waals surface area contributed by atoms with Crippen molar-refractivity contribution in [1.29, 1.82) is 0 Å². The standard InChI is InChI=1S/C23H19N3O4S/c1-14-5-10-19(29-2)17(12-14)18-13-31-23(25-18)26-21(27)15-6-8-16(9-7-15)24-22(28)20-4-3-11-30-20/h3-13H,1-2H3,(H,24,28)(H,25,26,27). The van der Waals surface area contributed by atoms with E-state index in [2.05, 4.69) is 15.6 Å². The summed E-state index contributed by atoms with van der Waals surface area (Å²) in [5.74, 6) is 0.290. The number of hydrogen-bond acceptors (Lipinski definition) is 6. The summed E-state index contributed by atoms with van der Waals surface area (Å²) >= 11 is 1.34. The van der Waals surface area contributed by atoms with E-state index in [0.29, 0.717) is 16.4 Å². The van der Waals surface area contributed by atoms with E-state index in [0.717, 1.165) is 22.6 Å². The lowest BCUT2D eigenvalue weighted by Gasteiger charge is -2.07. The average molecular weight is 433 g/mol. The molecular weight excluding hydrogens is 414 g/mol. The molecule has 7 nitrogen and oxygen atoms in total. The van der Waals surface area contributed by atoms with Crippen molar-refractivity contribution in [3.8, 4) is 17.0 Å². The fourth-order valence-electron chi connectivity index (χ4n) is 2.95. The Bertz CT molecular complexity index is 1210. The molecule has 0 fully saturated rings. The third-order valence-corrected chi connectivity index (χ3v) is 5.26. The van der Waals surface area contributed by atoms with Gasteiger partial charge in [0.15, 0.2) is 10.9 Å². The van der Waals surface area contributed by atoms with Crippen LogP contribution in [0.15, 0.2) is 70.7 Å². The molecule has 0 spiro atoms. The summed E-state index contributed by atoms with van der Waals surface area (Å²) < 4.78 is 10.5.